The minimum absolute atomic E-state index is 0.0485. The number of carbonyl (C=O) groups is 1. The summed E-state index contributed by atoms with van der Waals surface area (Å²) in [4.78, 5) is 21.0. The van der Waals surface area contributed by atoms with E-state index in [1.807, 2.05) is 42.5 Å². The second-order valence-electron chi connectivity index (χ2n) is 5.26. The van der Waals surface area contributed by atoms with Crippen molar-refractivity contribution in [2.24, 2.45) is 11.0 Å². The maximum absolute atomic E-state index is 12.1. The number of carbonyl (C=O) groups excluding carboxylic acids is 1. The Bertz CT molecular complexity index is 707. The van der Waals surface area contributed by atoms with Crippen LogP contribution in [0.2, 0.25) is 0 Å². The molecule has 1 unspecified atom stereocenters. The van der Waals surface area contributed by atoms with E-state index < -0.39 is 0 Å². The molecule has 0 aliphatic carbocycles. The maximum Gasteiger partial charge on any atom is 0.227 e. The number of pyridine rings is 1. The number of nitrogens with zero attached hydrogens (tertiary/aromatic N) is 5. The molecule has 110 valence electrons. The molecule has 1 aliphatic heterocycles. The van der Waals surface area contributed by atoms with E-state index in [1.54, 1.807) is 11.1 Å². The summed E-state index contributed by atoms with van der Waals surface area (Å²) >= 11 is 0. The molecule has 2 aromatic rings. The molecule has 0 spiro atoms. The lowest BCUT2D eigenvalue weighted by atomic mass is 10.1. The molecule has 0 saturated carbocycles. The van der Waals surface area contributed by atoms with Crippen molar-refractivity contribution in [2.75, 3.05) is 18.0 Å². The molecule has 6 nitrogen and oxygen atoms in total. The minimum Gasteiger partial charge on any atom is -0.311 e. The zero-order chi connectivity index (χ0) is 15.4. The van der Waals surface area contributed by atoms with E-state index in [9.17, 15) is 4.79 Å². The molecule has 0 N–H and O–H groups in total. The molecule has 1 saturated heterocycles. The third kappa shape index (κ3) is 2.92. The summed E-state index contributed by atoms with van der Waals surface area (Å²) in [5, 5.41) is 3.56. The Kier molecular flexibility index (Phi) is 4.03. The van der Waals surface area contributed by atoms with Gasteiger partial charge >= 0.3 is 0 Å². The number of rotatable bonds is 4. The highest BCUT2D eigenvalue weighted by molar-refractivity contribution is 5.95. The minimum atomic E-state index is 0.0485. The Balaban J connectivity index is 1.76. The van der Waals surface area contributed by atoms with Crippen molar-refractivity contribution in [3.8, 4) is 11.3 Å². The highest BCUT2D eigenvalue weighted by Crippen LogP contribution is 2.26. The first kappa shape index (κ1) is 14.1. The van der Waals surface area contributed by atoms with Crippen molar-refractivity contribution in [1.29, 1.82) is 0 Å². The number of amides is 1. The Hall–Kier alpha value is -2.85. The van der Waals surface area contributed by atoms with Gasteiger partial charge in [-0.1, -0.05) is 35.4 Å². The normalized spacial score (nSPS) is 17.4. The van der Waals surface area contributed by atoms with E-state index in [2.05, 4.69) is 15.0 Å². The molecule has 1 aromatic heterocycles. The van der Waals surface area contributed by atoms with Crippen molar-refractivity contribution < 1.29 is 4.79 Å². The smallest absolute Gasteiger partial charge is 0.227 e. The van der Waals surface area contributed by atoms with Gasteiger partial charge in [0.05, 0.1) is 17.6 Å². The summed E-state index contributed by atoms with van der Waals surface area (Å²) in [6.45, 7) is 0.929. The largest absolute Gasteiger partial charge is 0.311 e. The Labute approximate surface area is 128 Å². The predicted octanol–water partition coefficient (Wildman–Crippen LogP) is 3.41. The Morgan fingerprint density at radius 1 is 1.27 bits per heavy atom. The maximum atomic E-state index is 12.1. The van der Waals surface area contributed by atoms with Crippen molar-refractivity contribution in [2.45, 2.75) is 6.42 Å². The molecule has 6 heteroatoms. The topological polar surface area (TPSA) is 82.0 Å². The highest BCUT2D eigenvalue weighted by Gasteiger charge is 2.30. The fraction of sp³-hybridized carbons (Fsp3) is 0.250. The average molecular weight is 293 g/mol. The summed E-state index contributed by atoms with van der Waals surface area (Å²) in [5.41, 5.74) is 11.1. The molecule has 1 aromatic carbocycles. The summed E-state index contributed by atoms with van der Waals surface area (Å²) < 4.78 is 0. The van der Waals surface area contributed by atoms with Gasteiger partial charge in [-0.25, -0.2) is 0 Å². The van der Waals surface area contributed by atoms with Crippen molar-refractivity contribution >= 4 is 11.6 Å². The molecule has 22 heavy (non-hydrogen) atoms. The second-order valence-corrected chi connectivity index (χ2v) is 5.26. The van der Waals surface area contributed by atoms with Gasteiger partial charge in [-0.2, -0.15) is 0 Å². The van der Waals surface area contributed by atoms with Crippen molar-refractivity contribution in [1.82, 2.24) is 4.98 Å². The molecule has 1 atom stereocenters. The van der Waals surface area contributed by atoms with Gasteiger partial charge < -0.3 is 4.90 Å². The fourth-order valence-electron chi connectivity index (χ4n) is 2.63. The Morgan fingerprint density at radius 2 is 2.09 bits per heavy atom. The highest BCUT2D eigenvalue weighted by atomic mass is 16.2. The standard InChI is InChI=1S/C16H15N5O/c17-20-19-9-12-8-16(22)21(11-12)14-6-7-15(18-10-14)13-4-2-1-3-5-13/h1-7,10,12H,8-9,11H2. The number of anilines is 1. The number of aromatic nitrogens is 1. The summed E-state index contributed by atoms with van der Waals surface area (Å²) in [6.07, 6.45) is 2.13. The van der Waals surface area contributed by atoms with Gasteiger partial charge in [0.15, 0.2) is 0 Å². The Morgan fingerprint density at radius 3 is 2.77 bits per heavy atom. The lowest BCUT2D eigenvalue weighted by Crippen LogP contribution is -2.24. The summed E-state index contributed by atoms with van der Waals surface area (Å²) in [7, 11) is 0. The fourth-order valence-corrected chi connectivity index (χ4v) is 2.63. The van der Waals surface area contributed by atoms with Crippen LogP contribution < -0.4 is 4.90 Å². The van der Waals surface area contributed by atoms with Crippen LogP contribution in [-0.2, 0) is 4.79 Å². The molecular formula is C16H15N5O. The van der Waals surface area contributed by atoms with Crippen LogP contribution in [0, 0.1) is 5.92 Å². The zero-order valence-corrected chi connectivity index (χ0v) is 12.0. The van der Waals surface area contributed by atoms with E-state index in [0.717, 1.165) is 16.9 Å². The summed E-state index contributed by atoms with van der Waals surface area (Å²) in [6, 6.07) is 13.7. The molecule has 3 rings (SSSR count). The second kappa shape index (κ2) is 6.28. The van der Waals surface area contributed by atoms with E-state index in [0.29, 0.717) is 19.5 Å². The predicted molar refractivity (Wildman–Crippen MR) is 84.1 cm³/mol. The van der Waals surface area contributed by atoms with Crippen molar-refractivity contribution in [3.63, 3.8) is 0 Å². The van der Waals surface area contributed by atoms with Gasteiger partial charge in [-0.3, -0.25) is 9.78 Å². The van der Waals surface area contributed by atoms with E-state index in [-0.39, 0.29) is 11.8 Å². The average Bonchev–Trinajstić information content (AvgIpc) is 2.95. The first-order chi connectivity index (χ1) is 10.8. The lowest BCUT2D eigenvalue weighted by molar-refractivity contribution is -0.117. The van der Waals surface area contributed by atoms with Gasteiger partial charge in [0.1, 0.15) is 0 Å². The van der Waals surface area contributed by atoms with Crippen molar-refractivity contribution in [3.05, 3.63) is 59.1 Å². The van der Waals surface area contributed by atoms with Crippen LogP contribution in [0.3, 0.4) is 0 Å². The first-order valence-corrected chi connectivity index (χ1v) is 7.10. The van der Waals surface area contributed by atoms with Crippen LogP contribution >= 0.6 is 0 Å². The molecule has 1 amide bonds. The first-order valence-electron chi connectivity index (χ1n) is 7.10. The lowest BCUT2D eigenvalue weighted by Gasteiger charge is -2.16. The molecule has 1 fully saturated rings. The molecule has 1 aliphatic rings. The van der Waals surface area contributed by atoms with E-state index in [4.69, 9.17) is 5.53 Å². The molecule has 0 bridgehead atoms. The molecule has 2 heterocycles. The van der Waals surface area contributed by atoms with Crippen LogP contribution in [0.25, 0.3) is 21.7 Å². The quantitative estimate of drug-likeness (QED) is 0.491. The number of hydrogen-bond acceptors (Lipinski definition) is 3. The van der Waals surface area contributed by atoms with Gasteiger partial charge in [0.2, 0.25) is 5.91 Å². The van der Waals surface area contributed by atoms with Crippen LogP contribution in [-0.4, -0.2) is 24.0 Å². The van der Waals surface area contributed by atoms with Gasteiger partial charge in [0.25, 0.3) is 0 Å². The zero-order valence-electron chi connectivity index (χ0n) is 12.0. The summed E-state index contributed by atoms with van der Waals surface area (Å²) in [5.74, 6) is 0.129. The number of azide groups is 1. The SMILES string of the molecule is [N-]=[N+]=NCC1CC(=O)N(c2ccc(-c3ccccc3)nc2)C1. The third-order valence-corrected chi connectivity index (χ3v) is 3.74. The van der Waals surface area contributed by atoms with Gasteiger partial charge in [-0.15, -0.1) is 0 Å². The van der Waals surface area contributed by atoms with Gasteiger partial charge in [-0.05, 0) is 23.6 Å². The van der Waals surface area contributed by atoms with Gasteiger partial charge in [0, 0.05) is 30.0 Å². The van der Waals surface area contributed by atoms with Crippen LogP contribution in [0.5, 0.6) is 0 Å². The molecule has 0 radical (unpaired) electrons. The molecular weight excluding hydrogens is 278 g/mol. The van der Waals surface area contributed by atoms with Crippen LogP contribution in [0.15, 0.2) is 53.8 Å². The van der Waals surface area contributed by atoms with E-state index in [1.165, 1.54) is 0 Å². The number of benzene rings is 1. The number of hydrogen-bond donors (Lipinski definition) is 0. The third-order valence-electron chi connectivity index (χ3n) is 3.74. The van der Waals surface area contributed by atoms with Crippen LogP contribution in [0.4, 0.5) is 5.69 Å². The monoisotopic (exact) mass is 293 g/mol. The van der Waals surface area contributed by atoms with Crippen LogP contribution in [0.1, 0.15) is 6.42 Å². The van der Waals surface area contributed by atoms with E-state index >= 15 is 0 Å².